The van der Waals surface area contributed by atoms with Crippen molar-refractivity contribution < 1.29 is 24.1 Å². The maximum absolute atomic E-state index is 9.74. The monoisotopic (exact) mass is 386 g/mol. The third kappa shape index (κ3) is 2.59. The fourth-order valence-electron chi connectivity index (χ4n) is 3.55. The van der Waals surface area contributed by atoms with Crippen LogP contribution in [0.25, 0.3) is 11.2 Å². The van der Waals surface area contributed by atoms with Gasteiger partial charge in [0.2, 0.25) is 0 Å². The van der Waals surface area contributed by atoms with Gasteiger partial charge in [-0.15, -0.1) is 5.10 Å². The van der Waals surface area contributed by atoms with Crippen molar-refractivity contribution >= 4 is 17.0 Å². The Morgan fingerprint density at radius 1 is 1.14 bits per heavy atom. The Morgan fingerprint density at radius 2 is 1.93 bits per heavy atom. The highest BCUT2D eigenvalue weighted by Crippen LogP contribution is 2.44. The van der Waals surface area contributed by atoms with E-state index in [0.29, 0.717) is 11.2 Å². The molecule has 0 aliphatic carbocycles. The molecule has 1 aromatic carbocycles. The van der Waals surface area contributed by atoms with E-state index in [0.717, 1.165) is 11.3 Å². The average molecular weight is 386 g/mol. The summed E-state index contributed by atoms with van der Waals surface area (Å²) in [5.74, 6) is 0.965. The first-order chi connectivity index (χ1) is 13.7. The fourth-order valence-corrected chi connectivity index (χ4v) is 3.55. The molecule has 0 radical (unpaired) electrons. The molecule has 2 fully saturated rings. The molecule has 146 valence electrons. The topological polar surface area (TPSA) is 140 Å². The Labute approximate surface area is 159 Å². The van der Waals surface area contributed by atoms with Crippen molar-refractivity contribution in [1.82, 2.24) is 25.0 Å². The Kier molecular flexibility index (Phi) is 4.09. The van der Waals surface area contributed by atoms with Gasteiger partial charge in [-0.3, -0.25) is 0 Å². The van der Waals surface area contributed by atoms with Crippen LogP contribution in [0.2, 0.25) is 0 Å². The molecule has 2 aliphatic rings. The number of hydrogen-bond acceptors (Lipinski definition) is 10. The predicted molar refractivity (Wildman–Crippen MR) is 94.0 cm³/mol. The normalized spacial score (nSPS) is 29.3. The molecule has 4 heterocycles. The van der Waals surface area contributed by atoms with Gasteiger partial charge in [0.05, 0.1) is 13.7 Å². The molecule has 3 aromatic rings. The summed E-state index contributed by atoms with van der Waals surface area (Å²) in [6, 6.07) is 7.40. The second kappa shape index (κ2) is 6.63. The highest BCUT2D eigenvalue weighted by Gasteiger charge is 2.54. The number of benzene rings is 1. The lowest BCUT2D eigenvalue weighted by Crippen LogP contribution is -2.31. The van der Waals surface area contributed by atoms with E-state index >= 15 is 0 Å². The number of aromatic nitrogens is 5. The van der Waals surface area contributed by atoms with E-state index in [2.05, 4.69) is 20.3 Å². The molecule has 0 saturated carbocycles. The predicted octanol–water partition coefficient (Wildman–Crippen LogP) is 0.185. The standard InChI is InChI=1S/C17H18N6O5/c1-25-9-4-2-8(3-5-9)17-27-12-10(6-24)26-16(13(12)28-17)23-15-11(21-22-23)14(18)19-7-20-15/h2-5,7,10,12-13,16-17,24H,6H2,1H3,(H2,18,19,20)/t10-,12-,13-,16-,17?/m1/s1. The number of methoxy groups -OCH3 is 1. The van der Waals surface area contributed by atoms with E-state index in [-0.39, 0.29) is 12.4 Å². The maximum atomic E-state index is 9.74. The van der Waals surface area contributed by atoms with Crippen LogP contribution in [-0.2, 0) is 14.2 Å². The van der Waals surface area contributed by atoms with Gasteiger partial charge in [-0.1, -0.05) is 17.3 Å². The number of anilines is 1. The number of aliphatic hydroxyl groups is 1. The molecule has 28 heavy (non-hydrogen) atoms. The van der Waals surface area contributed by atoms with Crippen molar-refractivity contribution in [3.63, 3.8) is 0 Å². The Morgan fingerprint density at radius 3 is 2.68 bits per heavy atom. The lowest BCUT2D eigenvalue weighted by atomic mass is 10.1. The zero-order valence-corrected chi connectivity index (χ0v) is 14.9. The summed E-state index contributed by atoms with van der Waals surface area (Å²) in [5, 5.41) is 17.9. The molecule has 1 unspecified atom stereocenters. The zero-order chi connectivity index (χ0) is 19.3. The molecule has 0 spiro atoms. The van der Waals surface area contributed by atoms with Gasteiger partial charge >= 0.3 is 0 Å². The van der Waals surface area contributed by atoms with Gasteiger partial charge in [-0.2, -0.15) is 4.68 Å². The zero-order valence-electron chi connectivity index (χ0n) is 14.9. The Balaban J connectivity index is 1.46. The molecule has 0 bridgehead atoms. The van der Waals surface area contributed by atoms with Gasteiger partial charge in [0.25, 0.3) is 0 Å². The maximum Gasteiger partial charge on any atom is 0.186 e. The molecular weight excluding hydrogens is 368 g/mol. The van der Waals surface area contributed by atoms with Crippen molar-refractivity contribution in [2.24, 2.45) is 0 Å². The van der Waals surface area contributed by atoms with Crippen LogP contribution in [0.1, 0.15) is 18.1 Å². The van der Waals surface area contributed by atoms with Crippen molar-refractivity contribution in [3.8, 4) is 5.75 Å². The van der Waals surface area contributed by atoms with Crippen LogP contribution < -0.4 is 10.5 Å². The van der Waals surface area contributed by atoms with E-state index in [1.54, 1.807) is 7.11 Å². The molecule has 3 N–H and O–H groups in total. The Bertz CT molecular complexity index is 995. The molecule has 2 aliphatic heterocycles. The number of fused-ring (bicyclic) bond motifs is 2. The van der Waals surface area contributed by atoms with Gasteiger partial charge in [-0.25, -0.2) is 9.97 Å². The smallest absolute Gasteiger partial charge is 0.186 e. The molecule has 11 nitrogen and oxygen atoms in total. The van der Waals surface area contributed by atoms with E-state index in [4.69, 9.17) is 24.7 Å². The first-order valence-electron chi connectivity index (χ1n) is 8.72. The minimum absolute atomic E-state index is 0.222. The van der Waals surface area contributed by atoms with E-state index in [1.165, 1.54) is 11.0 Å². The third-order valence-corrected chi connectivity index (χ3v) is 4.95. The Hall–Kier alpha value is -2.86. The lowest BCUT2D eigenvalue weighted by Gasteiger charge is -2.19. The molecule has 5 atom stereocenters. The summed E-state index contributed by atoms with van der Waals surface area (Å²) in [6.07, 6.45) is -1.50. The van der Waals surface area contributed by atoms with E-state index < -0.39 is 30.8 Å². The van der Waals surface area contributed by atoms with Crippen LogP contribution in [0, 0.1) is 0 Å². The number of ether oxygens (including phenoxy) is 4. The number of hydrogen-bond donors (Lipinski definition) is 2. The summed E-state index contributed by atoms with van der Waals surface area (Å²) in [5.41, 5.74) is 7.47. The van der Waals surface area contributed by atoms with Crippen molar-refractivity contribution in [3.05, 3.63) is 36.2 Å². The van der Waals surface area contributed by atoms with Crippen molar-refractivity contribution in [1.29, 1.82) is 0 Å². The SMILES string of the molecule is COc1ccc(C2O[C@@H]3[C@H](O2)[C@@H](CO)O[C@H]3n2nnc3c(N)ncnc32)cc1. The minimum Gasteiger partial charge on any atom is -0.497 e. The molecular formula is C17H18N6O5. The third-order valence-electron chi connectivity index (χ3n) is 4.95. The van der Waals surface area contributed by atoms with Gasteiger partial charge in [0, 0.05) is 5.56 Å². The van der Waals surface area contributed by atoms with Crippen LogP contribution >= 0.6 is 0 Å². The summed E-state index contributed by atoms with van der Waals surface area (Å²) in [4.78, 5) is 8.12. The van der Waals surface area contributed by atoms with Crippen molar-refractivity contribution in [2.45, 2.75) is 30.8 Å². The summed E-state index contributed by atoms with van der Waals surface area (Å²) in [7, 11) is 1.61. The molecule has 5 rings (SSSR count). The van der Waals surface area contributed by atoms with Crippen LogP contribution in [-0.4, -0.2) is 62.1 Å². The lowest BCUT2D eigenvalue weighted by molar-refractivity contribution is -0.155. The summed E-state index contributed by atoms with van der Waals surface area (Å²) in [6.45, 7) is -0.222. The molecule has 0 amide bonds. The highest BCUT2D eigenvalue weighted by molar-refractivity contribution is 5.80. The number of nitrogens with zero attached hydrogens (tertiary/aromatic N) is 5. The number of aliphatic hydroxyl groups excluding tert-OH is 1. The fraction of sp³-hybridized carbons (Fsp3) is 0.412. The van der Waals surface area contributed by atoms with Crippen LogP contribution in [0.15, 0.2) is 30.6 Å². The first kappa shape index (κ1) is 17.3. The average Bonchev–Trinajstić information content (AvgIpc) is 3.42. The highest BCUT2D eigenvalue weighted by atomic mass is 16.8. The summed E-state index contributed by atoms with van der Waals surface area (Å²) < 4.78 is 24.8. The number of rotatable bonds is 4. The first-order valence-corrected chi connectivity index (χ1v) is 8.72. The second-order valence-electron chi connectivity index (χ2n) is 6.52. The summed E-state index contributed by atoms with van der Waals surface area (Å²) >= 11 is 0. The van der Waals surface area contributed by atoms with Crippen LogP contribution in [0.3, 0.4) is 0 Å². The van der Waals surface area contributed by atoms with Gasteiger partial charge in [0.1, 0.15) is 30.4 Å². The van der Waals surface area contributed by atoms with Crippen LogP contribution in [0.5, 0.6) is 5.75 Å². The number of nitrogen functional groups attached to an aromatic ring is 1. The van der Waals surface area contributed by atoms with Gasteiger partial charge in [0.15, 0.2) is 29.5 Å². The van der Waals surface area contributed by atoms with Crippen molar-refractivity contribution in [2.75, 3.05) is 19.5 Å². The largest absolute Gasteiger partial charge is 0.497 e. The quantitative estimate of drug-likeness (QED) is 0.638. The second-order valence-corrected chi connectivity index (χ2v) is 6.52. The van der Waals surface area contributed by atoms with Crippen LogP contribution in [0.4, 0.5) is 5.82 Å². The van der Waals surface area contributed by atoms with Gasteiger partial charge < -0.3 is 29.8 Å². The minimum atomic E-state index is -0.676. The molecule has 2 saturated heterocycles. The molecule has 11 heteroatoms. The van der Waals surface area contributed by atoms with Gasteiger partial charge in [-0.05, 0) is 12.1 Å². The number of nitrogens with two attached hydrogens (primary N) is 1. The van der Waals surface area contributed by atoms with E-state index in [1.807, 2.05) is 24.3 Å². The molecule has 2 aromatic heterocycles. The van der Waals surface area contributed by atoms with E-state index in [9.17, 15) is 5.11 Å².